The van der Waals surface area contributed by atoms with Gasteiger partial charge < -0.3 is 15.3 Å². The third kappa shape index (κ3) is 5.88. The number of hydrogen-bond acceptors (Lipinski definition) is 2. The van der Waals surface area contributed by atoms with Gasteiger partial charge in [0.25, 0.3) is 0 Å². The van der Waals surface area contributed by atoms with Gasteiger partial charge in [-0.25, -0.2) is 0 Å². The van der Waals surface area contributed by atoms with Gasteiger partial charge in [-0.1, -0.05) is 0 Å². The molecule has 0 aliphatic heterocycles. The number of rotatable bonds is 2. The highest BCUT2D eigenvalue weighted by Crippen LogP contribution is 1.88. The minimum absolute atomic E-state index is 0.597. The van der Waals surface area contributed by atoms with Crippen molar-refractivity contribution >= 4 is 0 Å². The minimum Gasteiger partial charge on any atom is -0.373 e. The number of aliphatic hydroxyl groups is 1. The van der Waals surface area contributed by atoms with Crippen molar-refractivity contribution in [2.24, 2.45) is 5.73 Å². The summed E-state index contributed by atoms with van der Waals surface area (Å²) in [5.74, 6) is 0. The third-order valence-electron chi connectivity index (χ3n) is 0.735. The molecule has 0 aliphatic rings. The van der Waals surface area contributed by atoms with Gasteiger partial charge >= 0.3 is 0 Å². The van der Waals surface area contributed by atoms with Crippen LogP contribution in [0.5, 0.6) is 0 Å². The molecule has 0 spiro atoms. The molecule has 3 N–H and O–H groups in total. The quantitative estimate of drug-likeness (QED) is 0.360. The second-order valence-corrected chi connectivity index (χ2v) is 3.04. The lowest BCUT2D eigenvalue weighted by Gasteiger charge is -2.24. The smallest absolute Gasteiger partial charge is 0.152 e. The maximum absolute atomic E-state index is 8.65. The van der Waals surface area contributed by atoms with E-state index in [-0.39, 0.29) is 0 Å². The van der Waals surface area contributed by atoms with E-state index in [1.54, 1.807) is 0 Å². The van der Waals surface area contributed by atoms with Gasteiger partial charge in [0, 0.05) is 0 Å². The molecular weight excluding hydrogens is 104 g/mol. The molecule has 1 unspecified atom stereocenters. The molecule has 0 heterocycles. The van der Waals surface area contributed by atoms with Gasteiger partial charge in [-0.15, -0.1) is 0 Å². The monoisotopic (exact) mass is 119 g/mol. The second-order valence-electron chi connectivity index (χ2n) is 3.04. The maximum Gasteiger partial charge on any atom is 0.152 e. The highest BCUT2D eigenvalue weighted by molar-refractivity contribution is 4.36. The Morgan fingerprint density at radius 1 is 1.50 bits per heavy atom. The summed E-state index contributed by atoms with van der Waals surface area (Å²) in [6, 6.07) is 0. The molecule has 3 heteroatoms. The van der Waals surface area contributed by atoms with Crippen LogP contribution in [0.1, 0.15) is 0 Å². The molecule has 0 bridgehead atoms. The van der Waals surface area contributed by atoms with Crippen molar-refractivity contribution in [1.82, 2.24) is 0 Å². The lowest BCUT2D eigenvalue weighted by Crippen LogP contribution is -2.44. The van der Waals surface area contributed by atoms with Gasteiger partial charge in [0.15, 0.2) is 6.23 Å². The van der Waals surface area contributed by atoms with E-state index in [4.69, 9.17) is 10.8 Å². The van der Waals surface area contributed by atoms with E-state index in [0.29, 0.717) is 11.0 Å². The summed E-state index contributed by atoms with van der Waals surface area (Å²) in [6.45, 7) is 0.597. The molecule has 1 atom stereocenters. The third-order valence-corrected chi connectivity index (χ3v) is 0.735. The standard InChI is InChI=1S/C5H15N2O/c1-7(2,3)4-5(6)8/h5,8H,4,6H2,1-3H3/q+1. The van der Waals surface area contributed by atoms with E-state index in [0.717, 1.165) is 0 Å². The number of likely N-dealkylation sites (N-methyl/N-ethyl adjacent to an activating group) is 1. The van der Waals surface area contributed by atoms with Gasteiger partial charge in [0.2, 0.25) is 0 Å². The fourth-order valence-corrected chi connectivity index (χ4v) is 0.561. The topological polar surface area (TPSA) is 46.2 Å². The van der Waals surface area contributed by atoms with Crippen molar-refractivity contribution in [3.05, 3.63) is 0 Å². The minimum atomic E-state index is -0.685. The number of nitrogens with two attached hydrogens (primary N) is 1. The Labute approximate surface area is 50.3 Å². The average molecular weight is 119 g/mol. The fraction of sp³-hybridized carbons (Fsp3) is 1.00. The summed E-state index contributed by atoms with van der Waals surface area (Å²) < 4.78 is 0.706. The van der Waals surface area contributed by atoms with E-state index < -0.39 is 6.23 Å². The molecule has 0 saturated heterocycles. The van der Waals surface area contributed by atoms with E-state index in [2.05, 4.69) is 0 Å². The van der Waals surface area contributed by atoms with Crippen molar-refractivity contribution in [1.29, 1.82) is 0 Å². The van der Waals surface area contributed by atoms with Crippen LogP contribution in [0.25, 0.3) is 0 Å². The summed E-state index contributed by atoms with van der Waals surface area (Å²) in [7, 11) is 5.95. The predicted octanol–water partition coefficient (Wildman–Crippen LogP) is -1.03. The largest absolute Gasteiger partial charge is 0.373 e. The lowest BCUT2D eigenvalue weighted by molar-refractivity contribution is -0.873. The maximum atomic E-state index is 8.65. The summed E-state index contributed by atoms with van der Waals surface area (Å²) in [5, 5.41) is 8.65. The second kappa shape index (κ2) is 2.44. The Kier molecular flexibility index (Phi) is 2.40. The van der Waals surface area contributed by atoms with Crippen LogP contribution >= 0.6 is 0 Å². The van der Waals surface area contributed by atoms with Crippen LogP contribution in [0.4, 0.5) is 0 Å². The van der Waals surface area contributed by atoms with E-state index >= 15 is 0 Å². The van der Waals surface area contributed by atoms with Gasteiger partial charge in [-0.2, -0.15) is 0 Å². The SMILES string of the molecule is C[N+](C)(C)CC(N)O. The predicted molar refractivity (Wildman–Crippen MR) is 33.1 cm³/mol. The van der Waals surface area contributed by atoms with Crippen LogP contribution in [0.2, 0.25) is 0 Å². The van der Waals surface area contributed by atoms with Crippen LogP contribution in [-0.2, 0) is 0 Å². The molecule has 50 valence electrons. The van der Waals surface area contributed by atoms with Crippen molar-refractivity contribution < 1.29 is 9.59 Å². The first-order valence-electron chi connectivity index (χ1n) is 2.66. The number of quaternary nitrogens is 1. The van der Waals surface area contributed by atoms with Crippen molar-refractivity contribution in [3.8, 4) is 0 Å². The van der Waals surface area contributed by atoms with Gasteiger partial charge in [-0.3, -0.25) is 0 Å². The summed E-state index contributed by atoms with van der Waals surface area (Å²) in [4.78, 5) is 0. The molecule has 0 saturated carbocycles. The van der Waals surface area contributed by atoms with Gasteiger partial charge in [0.05, 0.1) is 21.1 Å². The first-order valence-corrected chi connectivity index (χ1v) is 2.66. The molecule has 8 heavy (non-hydrogen) atoms. The van der Waals surface area contributed by atoms with E-state index in [1.165, 1.54) is 0 Å². The Hall–Kier alpha value is -0.120. The molecule has 0 fully saturated rings. The normalized spacial score (nSPS) is 16.1. The molecule has 0 aromatic carbocycles. The summed E-state index contributed by atoms with van der Waals surface area (Å²) in [6.07, 6.45) is -0.685. The Balaban J connectivity index is 3.39. The highest BCUT2D eigenvalue weighted by atomic mass is 16.3. The molecule has 0 aromatic heterocycles. The first-order chi connectivity index (χ1) is 3.42. The van der Waals surface area contributed by atoms with Crippen LogP contribution in [-0.4, -0.2) is 43.5 Å². The molecular formula is C5H15N2O+. The number of hydrogen-bond donors (Lipinski definition) is 2. The average Bonchev–Trinajstić information content (AvgIpc) is 1.21. The molecule has 0 amide bonds. The van der Waals surface area contributed by atoms with Crippen molar-refractivity contribution in [2.75, 3.05) is 27.7 Å². The molecule has 3 nitrogen and oxygen atoms in total. The lowest BCUT2D eigenvalue weighted by atomic mass is 10.5. The van der Waals surface area contributed by atoms with Crippen LogP contribution in [0.15, 0.2) is 0 Å². The zero-order valence-electron chi connectivity index (χ0n) is 5.76. The number of nitrogens with zero attached hydrogens (tertiary/aromatic N) is 1. The molecule has 0 radical (unpaired) electrons. The molecule has 0 aromatic rings. The number of aliphatic hydroxyl groups excluding tert-OH is 1. The van der Waals surface area contributed by atoms with E-state index in [1.807, 2.05) is 21.1 Å². The summed E-state index contributed by atoms with van der Waals surface area (Å²) >= 11 is 0. The Morgan fingerprint density at radius 2 is 1.88 bits per heavy atom. The van der Waals surface area contributed by atoms with Crippen LogP contribution in [0, 0.1) is 0 Å². The molecule has 0 rings (SSSR count). The van der Waals surface area contributed by atoms with E-state index in [9.17, 15) is 0 Å². The van der Waals surface area contributed by atoms with Crippen molar-refractivity contribution in [2.45, 2.75) is 6.23 Å². The Bertz CT molecular complexity index is 65.3. The zero-order chi connectivity index (χ0) is 6.78. The van der Waals surface area contributed by atoms with Gasteiger partial charge in [0.1, 0.15) is 6.54 Å². The fourth-order valence-electron chi connectivity index (χ4n) is 0.561. The highest BCUT2D eigenvalue weighted by Gasteiger charge is 2.09. The zero-order valence-corrected chi connectivity index (χ0v) is 5.76. The van der Waals surface area contributed by atoms with Crippen LogP contribution in [0.3, 0.4) is 0 Å². The summed E-state index contributed by atoms with van der Waals surface area (Å²) in [5.41, 5.74) is 5.12. The first kappa shape index (κ1) is 7.88. The van der Waals surface area contributed by atoms with Gasteiger partial charge in [-0.05, 0) is 0 Å². The van der Waals surface area contributed by atoms with Crippen molar-refractivity contribution in [3.63, 3.8) is 0 Å². The van der Waals surface area contributed by atoms with Crippen LogP contribution < -0.4 is 5.73 Å². The molecule has 0 aliphatic carbocycles. The Morgan fingerprint density at radius 3 is 1.88 bits per heavy atom.